The van der Waals surface area contributed by atoms with Gasteiger partial charge in [-0.05, 0) is 5.41 Å². The molecule has 0 heterocycles. The molecule has 0 aliphatic carbocycles. The van der Waals surface area contributed by atoms with Crippen molar-refractivity contribution >= 4 is 5.91 Å². The van der Waals surface area contributed by atoms with Crippen molar-refractivity contribution in [3.63, 3.8) is 0 Å². The summed E-state index contributed by atoms with van der Waals surface area (Å²) in [4.78, 5) is 11.4. The number of carbonyl (C=O) groups is 1. The van der Waals surface area contributed by atoms with Gasteiger partial charge in [-0.2, -0.15) is 0 Å². The number of nitrogens with zero attached hydrogens (tertiary/aromatic N) is 1. The molecule has 3 nitrogen and oxygen atoms in total. The van der Waals surface area contributed by atoms with Crippen LogP contribution in [0.2, 0.25) is 0 Å². The lowest BCUT2D eigenvalue weighted by molar-refractivity contribution is -0.869. The monoisotopic (exact) mass is 201 g/mol. The molecule has 84 valence electrons. The maximum atomic E-state index is 11.4. The zero-order valence-corrected chi connectivity index (χ0v) is 10.5. The normalized spacial score (nSPS) is 12.7. The van der Waals surface area contributed by atoms with E-state index in [9.17, 15) is 4.79 Å². The van der Waals surface area contributed by atoms with Crippen LogP contribution in [0.25, 0.3) is 0 Å². The fraction of sp³-hybridized carbons (Fsp3) is 0.909. The van der Waals surface area contributed by atoms with E-state index in [1.807, 2.05) is 0 Å². The number of hydrogen-bond acceptors (Lipinski definition) is 1. The first kappa shape index (κ1) is 13.4. The number of quaternary nitrogens is 1. The highest BCUT2D eigenvalue weighted by Gasteiger charge is 2.16. The van der Waals surface area contributed by atoms with Crippen LogP contribution in [0.3, 0.4) is 0 Å². The molecule has 1 amide bonds. The summed E-state index contributed by atoms with van der Waals surface area (Å²) in [6.45, 7) is 7.96. The molecule has 0 saturated heterocycles. The average Bonchev–Trinajstić information content (AvgIpc) is 1.78. The third kappa shape index (κ3) is 9.52. The fourth-order valence-electron chi connectivity index (χ4n) is 1.07. The molecule has 0 bridgehead atoms. The highest BCUT2D eigenvalue weighted by atomic mass is 16.1. The quantitative estimate of drug-likeness (QED) is 0.681. The van der Waals surface area contributed by atoms with Gasteiger partial charge in [-0.1, -0.05) is 20.8 Å². The van der Waals surface area contributed by atoms with E-state index in [-0.39, 0.29) is 11.3 Å². The Hall–Kier alpha value is -0.570. The largest absolute Gasteiger partial charge is 0.350 e. The average molecular weight is 201 g/mol. The lowest BCUT2D eigenvalue weighted by atomic mass is 9.92. The molecular formula is C11H25N2O+. The third-order valence-corrected chi connectivity index (χ3v) is 1.80. The van der Waals surface area contributed by atoms with E-state index < -0.39 is 0 Å². The summed E-state index contributed by atoms with van der Waals surface area (Å²) in [5.74, 6) is 0.158. The van der Waals surface area contributed by atoms with Gasteiger partial charge >= 0.3 is 0 Å². The first-order chi connectivity index (χ1) is 6.10. The number of hydrogen-bond donors (Lipinski definition) is 1. The molecule has 0 spiro atoms. The molecule has 0 radical (unpaired) electrons. The second-order valence-corrected chi connectivity index (χ2v) is 6.10. The Morgan fingerprint density at radius 1 is 1.21 bits per heavy atom. The molecule has 1 N–H and O–H groups in total. The van der Waals surface area contributed by atoms with Gasteiger partial charge < -0.3 is 9.80 Å². The van der Waals surface area contributed by atoms with E-state index in [2.05, 4.69) is 47.2 Å². The van der Waals surface area contributed by atoms with E-state index in [0.29, 0.717) is 6.42 Å². The van der Waals surface area contributed by atoms with Crippen LogP contribution in [0.1, 0.15) is 27.2 Å². The van der Waals surface area contributed by atoms with Crippen LogP contribution in [-0.4, -0.2) is 44.6 Å². The second kappa shape index (κ2) is 4.78. The SMILES string of the molecule is CC(C)(C)CC(=O)NCC[N+](C)(C)C. The number of nitrogens with one attached hydrogen (secondary N) is 1. The molecular weight excluding hydrogens is 176 g/mol. The summed E-state index contributed by atoms with van der Waals surface area (Å²) >= 11 is 0. The molecule has 0 rings (SSSR count). The standard InChI is InChI=1S/C11H24N2O/c1-11(2,3)9-10(14)12-7-8-13(4,5)6/h7-9H2,1-6H3/p+1. The summed E-state index contributed by atoms with van der Waals surface area (Å²) in [6, 6.07) is 0. The van der Waals surface area contributed by atoms with Crippen molar-refractivity contribution in [2.45, 2.75) is 27.2 Å². The first-order valence-corrected chi connectivity index (χ1v) is 5.17. The van der Waals surface area contributed by atoms with Crippen LogP contribution in [0.15, 0.2) is 0 Å². The minimum Gasteiger partial charge on any atom is -0.350 e. The summed E-state index contributed by atoms with van der Waals surface area (Å²) in [5.41, 5.74) is 0.0840. The topological polar surface area (TPSA) is 29.1 Å². The number of rotatable bonds is 4. The molecule has 3 heteroatoms. The van der Waals surface area contributed by atoms with Crippen molar-refractivity contribution in [3.05, 3.63) is 0 Å². The summed E-state index contributed by atoms with van der Waals surface area (Å²) in [7, 11) is 6.36. The molecule has 0 aliphatic heterocycles. The zero-order valence-electron chi connectivity index (χ0n) is 10.5. The van der Waals surface area contributed by atoms with Gasteiger partial charge in [-0.15, -0.1) is 0 Å². The highest BCUT2D eigenvalue weighted by Crippen LogP contribution is 2.17. The molecule has 0 atom stereocenters. The maximum absolute atomic E-state index is 11.4. The minimum absolute atomic E-state index is 0.0840. The Labute approximate surface area is 88.1 Å². The Bertz CT molecular complexity index is 186. The van der Waals surface area contributed by atoms with Gasteiger partial charge in [0.05, 0.1) is 34.2 Å². The van der Waals surface area contributed by atoms with Gasteiger partial charge in [-0.3, -0.25) is 4.79 Å². The molecule has 0 aliphatic rings. The predicted molar refractivity (Wildman–Crippen MR) is 60.0 cm³/mol. The molecule has 0 aromatic rings. The Kier molecular flexibility index (Phi) is 4.59. The van der Waals surface area contributed by atoms with Crippen LogP contribution >= 0.6 is 0 Å². The van der Waals surface area contributed by atoms with Gasteiger partial charge in [0, 0.05) is 6.42 Å². The summed E-state index contributed by atoms with van der Waals surface area (Å²) < 4.78 is 0.885. The van der Waals surface area contributed by atoms with E-state index >= 15 is 0 Å². The van der Waals surface area contributed by atoms with Crippen molar-refractivity contribution in [2.75, 3.05) is 34.2 Å². The van der Waals surface area contributed by atoms with Crippen LogP contribution in [0.4, 0.5) is 0 Å². The Morgan fingerprint density at radius 2 is 1.71 bits per heavy atom. The molecule has 0 unspecified atom stereocenters. The lowest BCUT2D eigenvalue weighted by Gasteiger charge is -2.24. The van der Waals surface area contributed by atoms with Gasteiger partial charge in [0.15, 0.2) is 0 Å². The van der Waals surface area contributed by atoms with Gasteiger partial charge in [0.25, 0.3) is 0 Å². The first-order valence-electron chi connectivity index (χ1n) is 5.17. The van der Waals surface area contributed by atoms with E-state index in [1.54, 1.807) is 0 Å². The Balaban J connectivity index is 3.66. The Morgan fingerprint density at radius 3 is 2.07 bits per heavy atom. The highest BCUT2D eigenvalue weighted by molar-refractivity contribution is 5.76. The van der Waals surface area contributed by atoms with Crippen molar-refractivity contribution < 1.29 is 9.28 Å². The minimum atomic E-state index is 0.0840. The maximum Gasteiger partial charge on any atom is 0.220 e. The number of carbonyl (C=O) groups excluding carboxylic acids is 1. The second-order valence-electron chi connectivity index (χ2n) is 6.10. The van der Waals surface area contributed by atoms with E-state index in [1.165, 1.54) is 0 Å². The summed E-state index contributed by atoms with van der Waals surface area (Å²) in [6.07, 6.45) is 0.601. The van der Waals surface area contributed by atoms with Crippen molar-refractivity contribution in [1.82, 2.24) is 5.32 Å². The number of amides is 1. The molecule has 0 saturated carbocycles. The van der Waals surface area contributed by atoms with Crippen molar-refractivity contribution in [2.24, 2.45) is 5.41 Å². The van der Waals surface area contributed by atoms with E-state index in [4.69, 9.17) is 0 Å². The molecule has 0 fully saturated rings. The van der Waals surface area contributed by atoms with Gasteiger partial charge in [0.1, 0.15) is 0 Å². The molecule has 14 heavy (non-hydrogen) atoms. The lowest BCUT2D eigenvalue weighted by Crippen LogP contribution is -2.42. The van der Waals surface area contributed by atoms with Crippen molar-refractivity contribution in [1.29, 1.82) is 0 Å². The zero-order chi connectivity index (χ0) is 11.4. The van der Waals surface area contributed by atoms with Crippen LogP contribution in [0.5, 0.6) is 0 Å². The molecule has 0 aromatic heterocycles. The van der Waals surface area contributed by atoms with Gasteiger partial charge in [0.2, 0.25) is 5.91 Å². The third-order valence-electron chi connectivity index (χ3n) is 1.80. The smallest absolute Gasteiger partial charge is 0.220 e. The van der Waals surface area contributed by atoms with E-state index in [0.717, 1.165) is 17.6 Å². The number of likely N-dealkylation sites (N-methyl/N-ethyl adjacent to an activating group) is 1. The summed E-state index contributed by atoms with van der Waals surface area (Å²) in [5, 5.41) is 2.94. The van der Waals surface area contributed by atoms with Crippen LogP contribution in [0, 0.1) is 5.41 Å². The molecule has 0 aromatic carbocycles. The fourth-order valence-corrected chi connectivity index (χ4v) is 1.07. The van der Waals surface area contributed by atoms with Crippen molar-refractivity contribution in [3.8, 4) is 0 Å². The van der Waals surface area contributed by atoms with Crippen LogP contribution in [-0.2, 0) is 4.79 Å². The predicted octanol–water partition coefficient (Wildman–Crippen LogP) is 1.24. The van der Waals surface area contributed by atoms with Gasteiger partial charge in [-0.25, -0.2) is 0 Å². The van der Waals surface area contributed by atoms with Crippen LogP contribution < -0.4 is 5.32 Å².